The number of nitrogens with one attached hydrogen (secondary N) is 2. The molecule has 0 saturated carbocycles. The van der Waals surface area contributed by atoms with Crippen LogP contribution in [0.2, 0.25) is 0 Å². The first-order chi connectivity index (χ1) is 9.47. The Morgan fingerprint density at radius 2 is 2.15 bits per heavy atom. The molecule has 0 radical (unpaired) electrons. The van der Waals surface area contributed by atoms with E-state index in [1.54, 1.807) is 19.3 Å². The van der Waals surface area contributed by atoms with Crippen LogP contribution in [-0.4, -0.2) is 40.2 Å². The Labute approximate surface area is 121 Å². The summed E-state index contributed by atoms with van der Waals surface area (Å²) in [6, 6.07) is 1.63. The highest BCUT2D eigenvalue weighted by Crippen LogP contribution is 2.18. The Kier molecular flexibility index (Phi) is 6.90. The first kappa shape index (κ1) is 16.9. The molecule has 0 aliphatic carbocycles. The maximum Gasteiger partial charge on any atom is 0.244 e. The highest BCUT2D eigenvalue weighted by Gasteiger charge is 2.17. The zero-order chi connectivity index (χ0) is 15.0. The van der Waals surface area contributed by atoms with Crippen LogP contribution in [0.25, 0.3) is 0 Å². The van der Waals surface area contributed by atoms with Crippen LogP contribution >= 0.6 is 0 Å². The van der Waals surface area contributed by atoms with Crippen LogP contribution in [0, 0.1) is 5.92 Å². The normalized spacial score (nSPS) is 11.8. The largest absolute Gasteiger partial charge is 0.387 e. The third-order valence-corrected chi connectivity index (χ3v) is 4.04. The third kappa shape index (κ3) is 5.44. The predicted octanol–water partition coefficient (Wildman–Crippen LogP) is 1.46. The fourth-order valence-corrected chi connectivity index (χ4v) is 2.81. The molecule has 0 atom stereocenters. The van der Waals surface area contributed by atoms with Crippen molar-refractivity contribution in [3.05, 3.63) is 18.5 Å². The van der Waals surface area contributed by atoms with Gasteiger partial charge in [0, 0.05) is 39.2 Å². The molecule has 0 fully saturated rings. The van der Waals surface area contributed by atoms with Crippen molar-refractivity contribution in [3.63, 3.8) is 0 Å². The minimum atomic E-state index is -3.54. The SMILES string of the molecule is CNc1ccncc1S(=O)(=O)NCCCOCC(C)C. The zero-order valence-corrected chi connectivity index (χ0v) is 13.0. The topological polar surface area (TPSA) is 80.3 Å². The number of hydrogen-bond acceptors (Lipinski definition) is 5. The summed E-state index contributed by atoms with van der Waals surface area (Å²) in [6.45, 7) is 5.74. The van der Waals surface area contributed by atoms with Gasteiger partial charge in [-0.3, -0.25) is 4.98 Å². The fraction of sp³-hybridized carbons (Fsp3) is 0.615. The molecule has 0 aliphatic heterocycles. The smallest absolute Gasteiger partial charge is 0.244 e. The Hall–Kier alpha value is -1.18. The molecule has 1 heterocycles. The lowest BCUT2D eigenvalue weighted by atomic mass is 10.2. The monoisotopic (exact) mass is 301 g/mol. The lowest BCUT2D eigenvalue weighted by molar-refractivity contribution is 0.108. The van der Waals surface area contributed by atoms with Gasteiger partial charge in [0.25, 0.3) is 0 Å². The summed E-state index contributed by atoms with van der Waals surface area (Å²) in [7, 11) is -1.86. The van der Waals surface area contributed by atoms with Gasteiger partial charge >= 0.3 is 0 Å². The molecule has 6 nitrogen and oxygen atoms in total. The molecule has 0 saturated heterocycles. The summed E-state index contributed by atoms with van der Waals surface area (Å²) >= 11 is 0. The van der Waals surface area contributed by atoms with Gasteiger partial charge in [0.2, 0.25) is 10.0 Å². The van der Waals surface area contributed by atoms with E-state index in [1.165, 1.54) is 6.20 Å². The minimum absolute atomic E-state index is 0.158. The Morgan fingerprint density at radius 3 is 2.80 bits per heavy atom. The number of ether oxygens (including phenoxy) is 1. The van der Waals surface area contributed by atoms with Gasteiger partial charge in [-0.15, -0.1) is 0 Å². The maximum absolute atomic E-state index is 12.1. The predicted molar refractivity (Wildman–Crippen MR) is 79.2 cm³/mol. The van der Waals surface area contributed by atoms with Crippen LogP contribution in [0.1, 0.15) is 20.3 Å². The molecule has 114 valence electrons. The van der Waals surface area contributed by atoms with Crippen molar-refractivity contribution in [2.24, 2.45) is 5.92 Å². The first-order valence-corrected chi connectivity index (χ1v) is 8.15. The van der Waals surface area contributed by atoms with Crippen LogP contribution in [0.15, 0.2) is 23.4 Å². The Balaban J connectivity index is 2.46. The van der Waals surface area contributed by atoms with Crippen molar-refractivity contribution < 1.29 is 13.2 Å². The number of hydrogen-bond donors (Lipinski definition) is 2. The summed E-state index contributed by atoms with van der Waals surface area (Å²) in [6.07, 6.45) is 3.52. The van der Waals surface area contributed by atoms with E-state index in [2.05, 4.69) is 28.9 Å². The minimum Gasteiger partial charge on any atom is -0.387 e. The van der Waals surface area contributed by atoms with Gasteiger partial charge in [-0.2, -0.15) is 0 Å². The van der Waals surface area contributed by atoms with Gasteiger partial charge < -0.3 is 10.1 Å². The van der Waals surface area contributed by atoms with Crippen LogP contribution in [0.4, 0.5) is 5.69 Å². The summed E-state index contributed by atoms with van der Waals surface area (Å²) in [5.74, 6) is 0.486. The molecule has 2 N–H and O–H groups in total. The van der Waals surface area contributed by atoms with Crippen molar-refractivity contribution >= 4 is 15.7 Å². The van der Waals surface area contributed by atoms with Gasteiger partial charge in [-0.25, -0.2) is 13.1 Å². The molecule has 1 aromatic heterocycles. The molecule has 1 aromatic rings. The van der Waals surface area contributed by atoms with Crippen molar-refractivity contribution in [1.29, 1.82) is 0 Å². The number of aromatic nitrogens is 1. The van der Waals surface area contributed by atoms with E-state index in [9.17, 15) is 8.42 Å². The van der Waals surface area contributed by atoms with Gasteiger partial charge in [0.05, 0.1) is 5.69 Å². The quantitative estimate of drug-likeness (QED) is 0.675. The lowest BCUT2D eigenvalue weighted by Crippen LogP contribution is -2.26. The third-order valence-electron chi connectivity index (χ3n) is 2.55. The number of anilines is 1. The Bertz CT molecular complexity index is 503. The summed E-state index contributed by atoms with van der Waals surface area (Å²) in [5.41, 5.74) is 0.531. The van der Waals surface area contributed by atoms with Crippen molar-refractivity contribution in [3.8, 4) is 0 Å². The number of rotatable bonds is 9. The van der Waals surface area contributed by atoms with E-state index < -0.39 is 10.0 Å². The van der Waals surface area contributed by atoms with Crippen LogP contribution < -0.4 is 10.0 Å². The molecule has 7 heteroatoms. The molecule has 0 amide bonds. The van der Waals surface area contributed by atoms with Crippen LogP contribution in [0.3, 0.4) is 0 Å². The molecule has 0 unspecified atom stereocenters. The van der Waals surface area contributed by atoms with E-state index in [-0.39, 0.29) is 4.90 Å². The summed E-state index contributed by atoms with van der Waals surface area (Å²) in [5, 5.41) is 2.84. The molecular weight excluding hydrogens is 278 g/mol. The zero-order valence-electron chi connectivity index (χ0n) is 12.2. The van der Waals surface area contributed by atoms with E-state index in [0.717, 1.165) is 0 Å². The van der Waals surface area contributed by atoms with E-state index in [0.29, 0.717) is 37.8 Å². The van der Waals surface area contributed by atoms with Crippen molar-refractivity contribution in [1.82, 2.24) is 9.71 Å². The molecule has 0 aliphatic rings. The lowest BCUT2D eigenvalue weighted by Gasteiger charge is -2.11. The highest BCUT2D eigenvalue weighted by atomic mass is 32.2. The first-order valence-electron chi connectivity index (χ1n) is 6.66. The second-order valence-corrected chi connectivity index (χ2v) is 6.58. The van der Waals surface area contributed by atoms with E-state index >= 15 is 0 Å². The maximum atomic E-state index is 12.1. The number of nitrogens with zero attached hydrogens (tertiary/aromatic N) is 1. The average molecular weight is 301 g/mol. The van der Waals surface area contributed by atoms with E-state index in [4.69, 9.17) is 4.74 Å². The second kappa shape index (κ2) is 8.18. The standard InChI is InChI=1S/C13H23N3O3S/c1-11(2)10-19-8-4-6-16-20(17,18)13-9-15-7-5-12(13)14-3/h5,7,9,11,16H,4,6,8,10H2,1-3H3,(H,14,15). The Morgan fingerprint density at radius 1 is 1.40 bits per heavy atom. The van der Waals surface area contributed by atoms with Crippen molar-refractivity contribution in [2.45, 2.75) is 25.2 Å². The van der Waals surface area contributed by atoms with Crippen LogP contribution in [-0.2, 0) is 14.8 Å². The summed E-state index contributed by atoms with van der Waals surface area (Å²) in [4.78, 5) is 4.01. The number of sulfonamides is 1. The molecule has 1 rings (SSSR count). The van der Waals surface area contributed by atoms with Gasteiger partial charge in [0.15, 0.2) is 0 Å². The molecule has 0 aromatic carbocycles. The van der Waals surface area contributed by atoms with E-state index in [1.807, 2.05) is 0 Å². The van der Waals surface area contributed by atoms with Crippen molar-refractivity contribution in [2.75, 3.05) is 32.1 Å². The van der Waals surface area contributed by atoms with Gasteiger partial charge in [-0.05, 0) is 18.4 Å². The van der Waals surface area contributed by atoms with Gasteiger partial charge in [-0.1, -0.05) is 13.8 Å². The van der Waals surface area contributed by atoms with Crippen LogP contribution in [0.5, 0.6) is 0 Å². The van der Waals surface area contributed by atoms with Gasteiger partial charge in [0.1, 0.15) is 4.90 Å². The summed E-state index contributed by atoms with van der Waals surface area (Å²) < 4.78 is 32.2. The fourth-order valence-electron chi connectivity index (χ4n) is 1.58. The average Bonchev–Trinajstić information content (AvgIpc) is 2.42. The molecule has 20 heavy (non-hydrogen) atoms. The molecular formula is C13H23N3O3S. The highest BCUT2D eigenvalue weighted by molar-refractivity contribution is 7.89. The molecule has 0 spiro atoms. The number of pyridine rings is 1. The second-order valence-electron chi connectivity index (χ2n) is 4.84. The molecule has 0 bridgehead atoms.